The Labute approximate surface area is 134 Å². The van der Waals surface area contributed by atoms with Crippen LogP contribution in [0.1, 0.15) is 42.8 Å². The van der Waals surface area contributed by atoms with Crippen molar-refractivity contribution in [3.63, 3.8) is 0 Å². The van der Waals surface area contributed by atoms with E-state index in [1.165, 1.54) is 0 Å². The van der Waals surface area contributed by atoms with Gasteiger partial charge in [-0.05, 0) is 39.0 Å². The molecule has 3 aromatic rings. The highest BCUT2D eigenvalue weighted by molar-refractivity contribution is 6.07. The Hall–Kier alpha value is -2.46. The number of benzene rings is 2. The molecule has 0 bridgehead atoms. The maximum atomic E-state index is 12.4. The third-order valence-corrected chi connectivity index (χ3v) is 3.73. The lowest BCUT2D eigenvalue weighted by Crippen LogP contribution is -2.12. The first kappa shape index (κ1) is 15.4. The van der Waals surface area contributed by atoms with Gasteiger partial charge in [-0.1, -0.05) is 24.3 Å². The van der Waals surface area contributed by atoms with E-state index in [0.29, 0.717) is 22.0 Å². The molecule has 4 nitrogen and oxygen atoms in total. The lowest BCUT2D eigenvalue weighted by Gasteiger charge is -2.14. The molecule has 1 heterocycles. The number of aromatic nitrogens is 1. The minimum Gasteiger partial charge on any atom is -0.459 e. The Bertz CT molecular complexity index is 884. The predicted molar refractivity (Wildman–Crippen MR) is 90.4 cm³/mol. The van der Waals surface area contributed by atoms with Gasteiger partial charge in [0.25, 0.3) is 0 Å². The topological polar surface area (TPSA) is 59.4 Å². The summed E-state index contributed by atoms with van der Waals surface area (Å²) in [7, 11) is 0. The van der Waals surface area contributed by atoms with Gasteiger partial charge in [-0.15, -0.1) is 0 Å². The number of para-hydroxylation sites is 1. The van der Waals surface area contributed by atoms with Gasteiger partial charge in [-0.25, -0.2) is 9.78 Å². The number of esters is 1. The number of hydrogen-bond donors (Lipinski definition) is 1. The summed E-state index contributed by atoms with van der Waals surface area (Å²) in [4.78, 5) is 17.0. The molecule has 118 valence electrons. The maximum absolute atomic E-state index is 12.4. The van der Waals surface area contributed by atoms with Crippen LogP contribution in [0.4, 0.5) is 0 Å². The molecule has 4 heteroatoms. The third kappa shape index (κ3) is 2.90. The predicted octanol–water partition coefficient (Wildman–Crippen LogP) is 4.01. The van der Waals surface area contributed by atoms with Crippen molar-refractivity contribution in [2.45, 2.75) is 33.0 Å². The number of ether oxygens (including phenoxy) is 1. The molecular weight excluding hydrogens is 290 g/mol. The zero-order valence-electron chi connectivity index (χ0n) is 13.4. The minimum atomic E-state index is -0.665. The lowest BCUT2D eigenvalue weighted by molar-refractivity contribution is 0.0380. The van der Waals surface area contributed by atoms with Crippen molar-refractivity contribution in [1.82, 2.24) is 4.98 Å². The van der Waals surface area contributed by atoms with Crippen molar-refractivity contribution in [2.75, 3.05) is 0 Å². The van der Waals surface area contributed by atoms with Crippen LogP contribution in [0.15, 0.2) is 42.5 Å². The number of fused-ring (bicyclic) bond motifs is 2. The first-order chi connectivity index (χ1) is 11.0. The molecule has 2 aromatic carbocycles. The molecule has 0 saturated carbocycles. The first-order valence-electron chi connectivity index (χ1n) is 7.69. The lowest BCUT2D eigenvalue weighted by atomic mass is 9.99. The van der Waals surface area contributed by atoms with E-state index in [-0.39, 0.29) is 12.1 Å². The molecule has 23 heavy (non-hydrogen) atoms. The van der Waals surface area contributed by atoms with Crippen LogP contribution in [0.2, 0.25) is 0 Å². The fraction of sp³-hybridized carbons (Fsp3) is 0.263. The Morgan fingerprint density at radius 2 is 1.87 bits per heavy atom. The van der Waals surface area contributed by atoms with Crippen molar-refractivity contribution in [3.8, 4) is 0 Å². The molecule has 3 rings (SSSR count). The standard InChI is InChI=1S/C19H19NO3/c1-11(2)23-19(22)15-9-8-14(12(3)21)18-16(15)10-13-6-4-5-7-17(13)20-18/h4-12,21H,1-3H3. The van der Waals surface area contributed by atoms with Crippen LogP contribution in [0, 0.1) is 0 Å². The van der Waals surface area contributed by atoms with E-state index < -0.39 is 6.10 Å². The van der Waals surface area contributed by atoms with E-state index in [1.54, 1.807) is 19.1 Å². The van der Waals surface area contributed by atoms with Crippen LogP contribution in [0.3, 0.4) is 0 Å². The second kappa shape index (κ2) is 5.97. The highest BCUT2D eigenvalue weighted by Gasteiger charge is 2.18. The van der Waals surface area contributed by atoms with Gasteiger partial charge in [-0.3, -0.25) is 0 Å². The Morgan fingerprint density at radius 1 is 1.13 bits per heavy atom. The monoisotopic (exact) mass is 309 g/mol. The fourth-order valence-electron chi connectivity index (χ4n) is 2.68. The van der Waals surface area contributed by atoms with Crippen molar-refractivity contribution < 1.29 is 14.6 Å². The SMILES string of the molecule is CC(C)OC(=O)c1ccc(C(C)O)c2nc3ccccc3cc12. The van der Waals surface area contributed by atoms with Crippen LogP contribution in [-0.4, -0.2) is 22.2 Å². The van der Waals surface area contributed by atoms with Crippen molar-refractivity contribution in [3.05, 3.63) is 53.6 Å². The highest BCUT2D eigenvalue weighted by atomic mass is 16.5. The van der Waals surface area contributed by atoms with Gasteiger partial charge in [0, 0.05) is 16.3 Å². The molecule has 1 aromatic heterocycles. The summed E-state index contributed by atoms with van der Waals surface area (Å²) < 4.78 is 5.33. The molecule has 0 aliphatic rings. The summed E-state index contributed by atoms with van der Waals surface area (Å²) in [6.45, 7) is 5.33. The van der Waals surface area contributed by atoms with E-state index >= 15 is 0 Å². The first-order valence-corrected chi connectivity index (χ1v) is 7.69. The zero-order valence-corrected chi connectivity index (χ0v) is 13.4. The maximum Gasteiger partial charge on any atom is 0.339 e. The van der Waals surface area contributed by atoms with Gasteiger partial charge in [0.1, 0.15) is 0 Å². The molecular formula is C19H19NO3. The number of hydrogen-bond acceptors (Lipinski definition) is 4. The number of aliphatic hydroxyl groups excluding tert-OH is 1. The van der Waals surface area contributed by atoms with Crippen LogP contribution in [-0.2, 0) is 4.74 Å². The second-order valence-corrected chi connectivity index (χ2v) is 5.91. The molecule has 0 aliphatic carbocycles. The van der Waals surface area contributed by atoms with Crippen molar-refractivity contribution in [2.24, 2.45) is 0 Å². The van der Waals surface area contributed by atoms with Crippen LogP contribution in [0.25, 0.3) is 21.8 Å². The number of rotatable bonds is 3. The molecule has 0 spiro atoms. The number of aliphatic hydroxyl groups is 1. The van der Waals surface area contributed by atoms with Crippen molar-refractivity contribution >= 4 is 27.8 Å². The Kier molecular flexibility index (Phi) is 4.01. The highest BCUT2D eigenvalue weighted by Crippen LogP contribution is 2.29. The minimum absolute atomic E-state index is 0.192. The van der Waals surface area contributed by atoms with E-state index in [2.05, 4.69) is 4.98 Å². The summed E-state index contributed by atoms with van der Waals surface area (Å²) in [5.41, 5.74) is 2.64. The van der Waals surface area contributed by atoms with E-state index in [9.17, 15) is 9.90 Å². The summed E-state index contributed by atoms with van der Waals surface area (Å²) in [5, 5.41) is 11.7. The number of carbonyl (C=O) groups excluding carboxylic acids is 1. The van der Waals surface area contributed by atoms with E-state index in [0.717, 1.165) is 10.9 Å². The summed E-state index contributed by atoms with van der Waals surface area (Å²) in [6, 6.07) is 13.1. The quantitative estimate of drug-likeness (QED) is 0.586. The van der Waals surface area contributed by atoms with Gasteiger partial charge in [0.15, 0.2) is 0 Å². The zero-order chi connectivity index (χ0) is 16.6. The smallest absolute Gasteiger partial charge is 0.339 e. The number of pyridine rings is 1. The van der Waals surface area contributed by atoms with Gasteiger partial charge < -0.3 is 9.84 Å². The molecule has 0 radical (unpaired) electrons. The van der Waals surface area contributed by atoms with Gasteiger partial charge in [-0.2, -0.15) is 0 Å². The normalized spacial score (nSPS) is 12.7. The van der Waals surface area contributed by atoms with Gasteiger partial charge in [0.2, 0.25) is 0 Å². The molecule has 0 aliphatic heterocycles. The van der Waals surface area contributed by atoms with Crippen molar-refractivity contribution in [1.29, 1.82) is 0 Å². The number of carbonyl (C=O) groups is 1. The summed E-state index contributed by atoms with van der Waals surface area (Å²) in [6.07, 6.45) is -0.858. The third-order valence-electron chi connectivity index (χ3n) is 3.73. The van der Waals surface area contributed by atoms with Gasteiger partial charge in [0.05, 0.1) is 28.8 Å². The van der Waals surface area contributed by atoms with Crippen LogP contribution >= 0.6 is 0 Å². The molecule has 1 atom stereocenters. The molecule has 0 amide bonds. The average Bonchev–Trinajstić information content (AvgIpc) is 2.50. The number of nitrogens with zero attached hydrogens (tertiary/aromatic N) is 1. The van der Waals surface area contributed by atoms with Crippen LogP contribution in [0.5, 0.6) is 0 Å². The average molecular weight is 309 g/mol. The Morgan fingerprint density at radius 3 is 2.57 bits per heavy atom. The molecule has 1 unspecified atom stereocenters. The molecule has 1 N–H and O–H groups in total. The summed E-state index contributed by atoms with van der Waals surface area (Å²) in [5.74, 6) is -0.376. The Balaban J connectivity index is 2.32. The molecule has 0 fully saturated rings. The van der Waals surface area contributed by atoms with Gasteiger partial charge >= 0.3 is 5.97 Å². The van der Waals surface area contributed by atoms with E-state index in [1.807, 2.05) is 44.2 Å². The van der Waals surface area contributed by atoms with Crippen LogP contribution < -0.4 is 0 Å². The fourth-order valence-corrected chi connectivity index (χ4v) is 2.68. The summed E-state index contributed by atoms with van der Waals surface area (Å²) >= 11 is 0. The second-order valence-electron chi connectivity index (χ2n) is 5.91. The largest absolute Gasteiger partial charge is 0.459 e. The van der Waals surface area contributed by atoms with E-state index in [4.69, 9.17) is 4.74 Å². The molecule has 0 saturated heterocycles.